The monoisotopic (exact) mass is 448 g/mol. The summed E-state index contributed by atoms with van der Waals surface area (Å²) in [5.41, 5.74) is 1.78. The van der Waals surface area contributed by atoms with Gasteiger partial charge in [-0.25, -0.2) is 9.59 Å². The molecule has 4 rings (SSSR count). The van der Waals surface area contributed by atoms with Crippen molar-refractivity contribution in [1.29, 1.82) is 0 Å². The molecule has 0 radical (unpaired) electrons. The summed E-state index contributed by atoms with van der Waals surface area (Å²) in [6.45, 7) is 6.41. The van der Waals surface area contributed by atoms with Crippen LogP contribution >= 0.6 is 0 Å². The number of benzene rings is 3. The SMILES string of the molecule is CCCCN(CCCC)c1ccc2cc3c(cc2c1)Nc1c(cc(C(=O)O)cc1C(=O)O)O3. The van der Waals surface area contributed by atoms with Crippen LogP contribution in [0.5, 0.6) is 11.5 Å². The maximum atomic E-state index is 11.8. The molecule has 1 aliphatic rings. The molecule has 0 saturated carbocycles. The fourth-order valence-corrected chi connectivity index (χ4v) is 4.08. The van der Waals surface area contributed by atoms with Gasteiger partial charge in [0, 0.05) is 18.8 Å². The van der Waals surface area contributed by atoms with E-state index in [0.717, 1.165) is 55.6 Å². The molecule has 0 fully saturated rings. The molecule has 0 saturated heterocycles. The lowest BCUT2D eigenvalue weighted by molar-refractivity contribution is 0.0696. The zero-order valence-corrected chi connectivity index (χ0v) is 18.9. The van der Waals surface area contributed by atoms with Crippen molar-refractivity contribution in [3.63, 3.8) is 0 Å². The van der Waals surface area contributed by atoms with Crippen LogP contribution in [0.1, 0.15) is 60.2 Å². The molecule has 1 aliphatic heterocycles. The van der Waals surface area contributed by atoms with Crippen molar-refractivity contribution in [3.05, 3.63) is 53.6 Å². The van der Waals surface area contributed by atoms with Gasteiger partial charge in [-0.05, 0) is 60.0 Å². The van der Waals surface area contributed by atoms with Gasteiger partial charge in [0.25, 0.3) is 0 Å². The Hall–Kier alpha value is -3.74. The predicted octanol–water partition coefficient (Wildman–Crippen LogP) is 6.49. The van der Waals surface area contributed by atoms with Crippen molar-refractivity contribution in [2.24, 2.45) is 0 Å². The first-order valence-electron chi connectivity index (χ1n) is 11.3. The molecule has 0 unspecified atom stereocenters. The van der Waals surface area contributed by atoms with E-state index in [0.29, 0.717) is 11.4 Å². The molecule has 0 atom stereocenters. The second-order valence-corrected chi connectivity index (χ2v) is 8.31. The molecular weight excluding hydrogens is 420 g/mol. The van der Waals surface area contributed by atoms with E-state index in [4.69, 9.17) is 4.74 Å². The normalized spacial score (nSPS) is 11.8. The Labute approximate surface area is 192 Å². The first-order chi connectivity index (χ1) is 15.9. The van der Waals surface area contributed by atoms with E-state index in [1.54, 1.807) is 0 Å². The Bertz CT molecular complexity index is 1210. The number of carboxylic acid groups (broad SMARTS) is 2. The fraction of sp³-hybridized carbons (Fsp3) is 0.308. The Kier molecular flexibility index (Phi) is 6.40. The molecule has 3 aromatic carbocycles. The highest BCUT2D eigenvalue weighted by molar-refractivity contribution is 6.03. The van der Waals surface area contributed by atoms with Crippen LogP contribution in [0.15, 0.2) is 42.5 Å². The minimum atomic E-state index is -1.22. The Morgan fingerprint density at radius 3 is 2.24 bits per heavy atom. The average Bonchev–Trinajstić information content (AvgIpc) is 2.80. The molecule has 33 heavy (non-hydrogen) atoms. The number of nitrogens with zero attached hydrogens (tertiary/aromatic N) is 1. The van der Waals surface area contributed by atoms with Gasteiger partial charge in [0.05, 0.1) is 22.5 Å². The highest BCUT2D eigenvalue weighted by Gasteiger charge is 2.25. The largest absolute Gasteiger partial charge is 0.478 e. The molecule has 3 aromatic rings. The number of fused-ring (bicyclic) bond motifs is 3. The van der Waals surface area contributed by atoms with Gasteiger partial charge >= 0.3 is 11.9 Å². The number of carboxylic acids is 2. The maximum Gasteiger partial charge on any atom is 0.337 e. The molecule has 1 heterocycles. The van der Waals surface area contributed by atoms with Crippen LogP contribution in [0.25, 0.3) is 10.8 Å². The molecule has 0 spiro atoms. The molecule has 7 nitrogen and oxygen atoms in total. The van der Waals surface area contributed by atoms with Crippen molar-refractivity contribution < 1.29 is 24.5 Å². The Morgan fingerprint density at radius 1 is 0.879 bits per heavy atom. The van der Waals surface area contributed by atoms with E-state index in [1.165, 1.54) is 11.8 Å². The first-order valence-corrected chi connectivity index (χ1v) is 11.3. The number of anilines is 3. The fourth-order valence-electron chi connectivity index (χ4n) is 4.08. The van der Waals surface area contributed by atoms with E-state index in [1.807, 2.05) is 12.1 Å². The molecular formula is C26H28N2O5. The van der Waals surface area contributed by atoms with Crippen LogP contribution in [-0.2, 0) is 0 Å². The van der Waals surface area contributed by atoms with Crippen LogP contribution in [-0.4, -0.2) is 35.2 Å². The number of hydrogen-bond donors (Lipinski definition) is 3. The van der Waals surface area contributed by atoms with Crippen LogP contribution in [0.3, 0.4) is 0 Å². The van der Waals surface area contributed by atoms with Gasteiger partial charge in [0.1, 0.15) is 0 Å². The maximum absolute atomic E-state index is 11.8. The van der Waals surface area contributed by atoms with E-state index in [9.17, 15) is 19.8 Å². The summed E-state index contributed by atoms with van der Waals surface area (Å²) in [6, 6.07) is 12.7. The van der Waals surface area contributed by atoms with E-state index in [2.05, 4.69) is 42.3 Å². The summed E-state index contributed by atoms with van der Waals surface area (Å²) >= 11 is 0. The van der Waals surface area contributed by atoms with Crippen LogP contribution in [0.4, 0.5) is 17.1 Å². The zero-order valence-electron chi connectivity index (χ0n) is 18.9. The molecule has 7 heteroatoms. The lowest BCUT2D eigenvalue weighted by atomic mass is 10.0. The Morgan fingerprint density at radius 2 is 1.61 bits per heavy atom. The number of hydrogen-bond acceptors (Lipinski definition) is 5. The lowest BCUT2D eigenvalue weighted by Gasteiger charge is -2.26. The smallest absolute Gasteiger partial charge is 0.337 e. The van der Waals surface area contributed by atoms with Gasteiger partial charge in [-0.3, -0.25) is 0 Å². The third-order valence-electron chi connectivity index (χ3n) is 5.91. The highest BCUT2D eigenvalue weighted by Crippen LogP contribution is 2.46. The van der Waals surface area contributed by atoms with E-state index in [-0.39, 0.29) is 22.6 Å². The van der Waals surface area contributed by atoms with Crippen molar-refractivity contribution >= 4 is 39.8 Å². The average molecular weight is 449 g/mol. The summed E-state index contributed by atoms with van der Waals surface area (Å²) in [5.74, 6) is -1.73. The van der Waals surface area contributed by atoms with Crippen molar-refractivity contribution in [2.75, 3.05) is 23.3 Å². The number of nitrogens with one attached hydrogen (secondary N) is 1. The van der Waals surface area contributed by atoms with Gasteiger partial charge < -0.3 is 25.2 Å². The van der Waals surface area contributed by atoms with E-state index >= 15 is 0 Å². The second kappa shape index (κ2) is 9.40. The summed E-state index contributed by atoms with van der Waals surface area (Å²) in [5, 5.41) is 24.1. The third kappa shape index (κ3) is 4.58. The van der Waals surface area contributed by atoms with Crippen LogP contribution < -0.4 is 15.0 Å². The minimum absolute atomic E-state index is 0.138. The van der Waals surface area contributed by atoms with Crippen LogP contribution in [0, 0.1) is 0 Å². The molecule has 0 aliphatic carbocycles. The standard InChI is InChI=1S/C26H28N2O5/c1-3-5-9-28(10-6-4-2)19-8-7-16-14-22-21(13-17(16)11-19)27-24-20(26(31)32)12-18(25(29)30)15-23(24)33-22/h7-8,11-15,27H,3-6,9-10H2,1-2H3,(H,29,30)(H,31,32). The van der Waals surface area contributed by atoms with E-state index < -0.39 is 11.9 Å². The number of ether oxygens (including phenoxy) is 1. The van der Waals surface area contributed by atoms with Gasteiger partial charge in [-0.2, -0.15) is 0 Å². The first kappa shape index (κ1) is 22.5. The molecule has 0 amide bonds. The molecule has 0 bridgehead atoms. The van der Waals surface area contributed by atoms with Crippen LogP contribution in [0.2, 0.25) is 0 Å². The van der Waals surface area contributed by atoms with Crippen molar-refractivity contribution in [1.82, 2.24) is 0 Å². The molecule has 172 valence electrons. The third-order valence-corrected chi connectivity index (χ3v) is 5.91. The number of carbonyl (C=O) groups is 2. The van der Waals surface area contributed by atoms with Gasteiger partial charge in [0.15, 0.2) is 11.5 Å². The quantitative estimate of drug-likeness (QED) is 0.269. The number of rotatable bonds is 9. The summed E-state index contributed by atoms with van der Waals surface area (Å²) in [4.78, 5) is 25.6. The number of aromatic carboxylic acids is 2. The highest BCUT2D eigenvalue weighted by atomic mass is 16.5. The Balaban J connectivity index is 1.73. The summed E-state index contributed by atoms with van der Waals surface area (Å²) in [6.07, 6.45) is 4.54. The molecule has 3 N–H and O–H groups in total. The van der Waals surface area contributed by atoms with Gasteiger partial charge in [-0.15, -0.1) is 0 Å². The summed E-state index contributed by atoms with van der Waals surface area (Å²) < 4.78 is 5.95. The zero-order chi connectivity index (χ0) is 23.5. The van der Waals surface area contributed by atoms with Crippen molar-refractivity contribution in [2.45, 2.75) is 39.5 Å². The topological polar surface area (TPSA) is 99.1 Å². The predicted molar refractivity (Wildman–Crippen MR) is 130 cm³/mol. The van der Waals surface area contributed by atoms with Crippen molar-refractivity contribution in [3.8, 4) is 11.5 Å². The van der Waals surface area contributed by atoms with Gasteiger partial charge in [-0.1, -0.05) is 32.8 Å². The van der Waals surface area contributed by atoms with Gasteiger partial charge in [0.2, 0.25) is 0 Å². The minimum Gasteiger partial charge on any atom is -0.478 e. The number of unbranched alkanes of at least 4 members (excludes halogenated alkanes) is 2. The lowest BCUT2D eigenvalue weighted by Crippen LogP contribution is -2.25. The second-order valence-electron chi connectivity index (χ2n) is 8.31. The summed E-state index contributed by atoms with van der Waals surface area (Å²) in [7, 11) is 0. The molecule has 0 aromatic heterocycles.